The van der Waals surface area contributed by atoms with Crippen LogP contribution in [-0.4, -0.2) is 29.0 Å². The first-order valence-electron chi connectivity index (χ1n) is 8.01. The maximum Gasteiger partial charge on any atom is 0.258 e. The second kappa shape index (κ2) is 7.25. The predicted octanol–water partition coefficient (Wildman–Crippen LogP) is 3.78. The molecule has 0 radical (unpaired) electrons. The molecule has 2 aromatic carbocycles. The van der Waals surface area contributed by atoms with E-state index < -0.39 is 0 Å². The fourth-order valence-electron chi connectivity index (χ4n) is 2.79. The second-order valence-electron chi connectivity index (χ2n) is 6.02. The molecule has 0 spiro atoms. The average Bonchev–Trinajstić information content (AvgIpc) is 2.61. The smallest absolute Gasteiger partial charge is 0.258 e. The monoisotopic (exact) mass is 357 g/mol. The summed E-state index contributed by atoms with van der Waals surface area (Å²) in [5.74, 6) is 1.41. The van der Waals surface area contributed by atoms with Crippen LogP contribution in [0.1, 0.15) is 24.4 Å². The molecule has 1 unspecified atom stereocenters. The molecule has 1 N–H and O–H groups in total. The van der Waals surface area contributed by atoms with Crippen LogP contribution in [0.25, 0.3) is 10.9 Å². The van der Waals surface area contributed by atoms with Crippen molar-refractivity contribution >= 4 is 22.5 Å². The Labute approximate surface area is 151 Å². The molecular formula is C19H20ClN3O2. The topological polar surface area (TPSA) is 58.2 Å². The number of fused-ring (bicyclic) bond motifs is 1. The van der Waals surface area contributed by atoms with Gasteiger partial charge in [-0.1, -0.05) is 23.7 Å². The Balaban J connectivity index is 1.89. The highest BCUT2D eigenvalue weighted by Crippen LogP contribution is 2.26. The molecule has 1 aromatic heterocycles. The molecule has 6 heteroatoms. The van der Waals surface area contributed by atoms with Crippen molar-refractivity contribution in [2.75, 3.05) is 14.2 Å². The van der Waals surface area contributed by atoms with Gasteiger partial charge in [-0.2, -0.15) is 0 Å². The number of nitrogens with one attached hydrogen (secondary N) is 1. The van der Waals surface area contributed by atoms with E-state index in [1.807, 2.05) is 44.3 Å². The Morgan fingerprint density at radius 3 is 2.80 bits per heavy atom. The zero-order valence-electron chi connectivity index (χ0n) is 14.4. The van der Waals surface area contributed by atoms with Gasteiger partial charge in [-0.25, -0.2) is 4.98 Å². The molecule has 1 heterocycles. The Hall–Kier alpha value is -2.37. The lowest BCUT2D eigenvalue weighted by molar-refractivity contribution is 0.240. The zero-order valence-corrected chi connectivity index (χ0v) is 15.2. The third-order valence-corrected chi connectivity index (χ3v) is 4.59. The Kier molecular flexibility index (Phi) is 5.06. The maximum absolute atomic E-state index is 12.3. The lowest BCUT2D eigenvalue weighted by Gasteiger charge is -2.25. The third kappa shape index (κ3) is 3.67. The first-order chi connectivity index (χ1) is 12.0. The number of hydrogen-bond donors (Lipinski definition) is 1. The van der Waals surface area contributed by atoms with E-state index in [1.54, 1.807) is 19.2 Å². The van der Waals surface area contributed by atoms with Crippen LogP contribution in [0, 0.1) is 0 Å². The van der Waals surface area contributed by atoms with Gasteiger partial charge in [-0.05, 0) is 44.3 Å². The fourth-order valence-corrected chi connectivity index (χ4v) is 2.98. The van der Waals surface area contributed by atoms with Crippen LogP contribution in [0.15, 0.2) is 47.3 Å². The van der Waals surface area contributed by atoms with Crippen LogP contribution in [-0.2, 0) is 6.54 Å². The van der Waals surface area contributed by atoms with Crippen molar-refractivity contribution in [1.29, 1.82) is 0 Å². The van der Waals surface area contributed by atoms with E-state index in [2.05, 4.69) is 14.9 Å². The number of aromatic nitrogens is 2. The normalized spacial score (nSPS) is 12.5. The number of hydrogen-bond acceptors (Lipinski definition) is 4. The molecule has 1 atom stereocenters. The van der Waals surface area contributed by atoms with E-state index in [9.17, 15) is 4.79 Å². The summed E-state index contributed by atoms with van der Waals surface area (Å²) in [6.07, 6.45) is 0. The van der Waals surface area contributed by atoms with Crippen LogP contribution < -0.4 is 10.3 Å². The number of ether oxygens (including phenoxy) is 1. The van der Waals surface area contributed by atoms with Crippen LogP contribution in [0.5, 0.6) is 5.75 Å². The summed E-state index contributed by atoms with van der Waals surface area (Å²) in [7, 11) is 3.61. The van der Waals surface area contributed by atoms with Gasteiger partial charge < -0.3 is 9.72 Å². The van der Waals surface area contributed by atoms with E-state index >= 15 is 0 Å². The summed E-state index contributed by atoms with van der Waals surface area (Å²) in [4.78, 5) is 21.9. The van der Waals surface area contributed by atoms with E-state index in [0.717, 1.165) is 11.3 Å². The van der Waals surface area contributed by atoms with Gasteiger partial charge in [0.25, 0.3) is 5.56 Å². The highest BCUT2D eigenvalue weighted by atomic mass is 35.5. The van der Waals surface area contributed by atoms with Gasteiger partial charge in [0.05, 0.1) is 24.1 Å². The molecule has 0 aliphatic rings. The first-order valence-corrected chi connectivity index (χ1v) is 8.39. The quantitative estimate of drug-likeness (QED) is 0.755. The average molecular weight is 358 g/mol. The van der Waals surface area contributed by atoms with Crippen molar-refractivity contribution in [3.05, 3.63) is 69.2 Å². The van der Waals surface area contributed by atoms with E-state index in [0.29, 0.717) is 28.3 Å². The molecule has 0 saturated carbocycles. The van der Waals surface area contributed by atoms with Gasteiger partial charge in [0.1, 0.15) is 11.6 Å². The van der Waals surface area contributed by atoms with E-state index in [-0.39, 0.29) is 11.6 Å². The molecule has 25 heavy (non-hydrogen) atoms. The number of para-hydroxylation sites is 1. The minimum absolute atomic E-state index is 0.0824. The van der Waals surface area contributed by atoms with Gasteiger partial charge in [-0.15, -0.1) is 0 Å². The summed E-state index contributed by atoms with van der Waals surface area (Å²) < 4.78 is 5.40. The summed E-state index contributed by atoms with van der Waals surface area (Å²) in [6, 6.07) is 12.8. The summed E-state index contributed by atoms with van der Waals surface area (Å²) in [5, 5.41) is 1.26. The molecule has 5 nitrogen and oxygen atoms in total. The zero-order chi connectivity index (χ0) is 18.0. The van der Waals surface area contributed by atoms with Crippen molar-refractivity contribution in [3.8, 4) is 5.75 Å². The lowest BCUT2D eigenvalue weighted by Crippen LogP contribution is -2.26. The number of halogens is 1. The standard InChI is InChI=1S/C19H20ClN3O2/c1-12(18-21-16-7-5-4-6-15(16)19(24)22-18)23(2)11-13-10-14(20)8-9-17(13)25-3/h4-10,12H,11H2,1-3H3,(H,21,22,24). The maximum atomic E-state index is 12.3. The molecule has 0 aliphatic carbocycles. The molecule has 3 rings (SSSR count). The SMILES string of the molecule is COc1ccc(Cl)cc1CN(C)C(C)c1nc2ccccc2c(=O)[nH]1. The number of rotatable bonds is 5. The van der Waals surface area contributed by atoms with Gasteiger partial charge in [-0.3, -0.25) is 9.69 Å². The largest absolute Gasteiger partial charge is 0.496 e. The minimum Gasteiger partial charge on any atom is -0.496 e. The number of H-pyrrole nitrogens is 1. The van der Waals surface area contributed by atoms with Crippen molar-refractivity contribution in [3.63, 3.8) is 0 Å². The summed E-state index contributed by atoms with van der Waals surface area (Å²) >= 11 is 6.11. The van der Waals surface area contributed by atoms with Crippen molar-refractivity contribution in [2.45, 2.75) is 19.5 Å². The highest BCUT2D eigenvalue weighted by Gasteiger charge is 2.17. The van der Waals surface area contributed by atoms with Crippen molar-refractivity contribution < 1.29 is 4.74 Å². The Bertz CT molecular complexity index is 955. The van der Waals surface area contributed by atoms with Crippen LogP contribution >= 0.6 is 11.6 Å². The molecular weight excluding hydrogens is 338 g/mol. The predicted molar refractivity (Wildman–Crippen MR) is 100 cm³/mol. The summed E-state index contributed by atoms with van der Waals surface area (Å²) in [5.41, 5.74) is 1.55. The Morgan fingerprint density at radius 1 is 1.28 bits per heavy atom. The molecule has 0 aliphatic heterocycles. The molecule has 130 valence electrons. The molecule has 0 bridgehead atoms. The van der Waals surface area contributed by atoms with Gasteiger partial charge in [0.2, 0.25) is 0 Å². The van der Waals surface area contributed by atoms with E-state index in [1.165, 1.54) is 0 Å². The molecule has 3 aromatic rings. The van der Waals surface area contributed by atoms with Crippen LogP contribution in [0.2, 0.25) is 5.02 Å². The highest BCUT2D eigenvalue weighted by molar-refractivity contribution is 6.30. The number of aromatic amines is 1. The van der Waals surface area contributed by atoms with Crippen LogP contribution in [0.3, 0.4) is 0 Å². The van der Waals surface area contributed by atoms with E-state index in [4.69, 9.17) is 16.3 Å². The van der Waals surface area contributed by atoms with Gasteiger partial charge in [0.15, 0.2) is 0 Å². The lowest BCUT2D eigenvalue weighted by atomic mass is 10.1. The number of benzene rings is 2. The minimum atomic E-state index is -0.124. The van der Waals surface area contributed by atoms with Gasteiger partial charge >= 0.3 is 0 Å². The molecule has 0 amide bonds. The molecule has 0 saturated heterocycles. The summed E-state index contributed by atoms with van der Waals surface area (Å²) in [6.45, 7) is 2.62. The second-order valence-corrected chi connectivity index (χ2v) is 6.45. The fraction of sp³-hybridized carbons (Fsp3) is 0.263. The number of nitrogens with zero attached hydrogens (tertiary/aromatic N) is 2. The Morgan fingerprint density at radius 2 is 2.04 bits per heavy atom. The third-order valence-electron chi connectivity index (χ3n) is 4.35. The number of methoxy groups -OCH3 is 1. The molecule has 0 fully saturated rings. The van der Waals surface area contributed by atoms with Crippen LogP contribution in [0.4, 0.5) is 0 Å². The van der Waals surface area contributed by atoms with Crippen molar-refractivity contribution in [2.24, 2.45) is 0 Å². The van der Waals surface area contributed by atoms with Crippen molar-refractivity contribution in [1.82, 2.24) is 14.9 Å². The first kappa shape index (κ1) is 17.5. The van der Waals surface area contributed by atoms with Gasteiger partial charge in [0, 0.05) is 17.1 Å².